The maximum atomic E-state index is 11.9. The first-order chi connectivity index (χ1) is 9.20. The number of benzene rings is 1. The molecule has 0 aliphatic heterocycles. The monoisotopic (exact) mass is 259 g/mol. The number of rotatable bonds is 5. The van der Waals surface area contributed by atoms with Crippen LogP contribution in [-0.2, 0) is 0 Å². The lowest BCUT2D eigenvalue weighted by Crippen LogP contribution is -2.26. The Morgan fingerprint density at radius 2 is 2.05 bits per heavy atom. The van der Waals surface area contributed by atoms with E-state index in [2.05, 4.69) is 5.32 Å². The van der Waals surface area contributed by atoms with Gasteiger partial charge in [0.2, 0.25) is 0 Å². The third kappa shape index (κ3) is 3.37. The number of hydrogen-bond acceptors (Lipinski definition) is 3. The van der Waals surface area contributed by atoms with Crippen LogP contribution < -0.4 is 10.1 Å². The third-order valence-corrected chi connectivity index (χ3v) is 2.82. The third-order valence-electron chi connectivity index (χ3n) is 2.82. The Morgan fingerprint density at radius 1 is 1.32 bits per heavy atom. The van der Waals surface area contributed by atoms with Gasteiger partial charge < -0.3 is 14.5 Å². The van der Waals surface area contributed by atoms with E-state index < -0.39 is 0 Å². The minimum absolute atomic E-state index is 0.0712. The van der Waals surface area contributed by atoms with Crippen molar-refractivity contribution in [2.45, 2.75) is 19.9 Å². The number of carbonyl (C=O) groups is 1. The largest absolute Gasteiger partial charge is 0.494 e. The van der Waals surface area contributed by atoms with Gasteiger partial charge in [-0.15, -0.1) is 0 Å². The van der Waals surface area contributed by atoms with Crippen molar-refractivity contribution < 1.29 is 13.9 Å². The highest BCUT2D eigenvalue weighted by atomic mass is 16.5. The normalized spacial score (nSPS) is 11.9. The summed E-state index contributed by atoms with van der Waals surface area (Å²) in [6.07, 6.45) is 2.91. The van der Waals surface area contributed by atoms with Gasteiger partial charge in [0, 0.05) is 0 Å². The minimum Gasteiger partial charge on any atom is -0.494 e. The van der Waals surface area contributed by atoms with E-state index in [4.69, 9.17) is 9.15 Å². The molecule has 0 radical (unpaired) electrons. The minimum atomic E-state index is -0.143. The van der Waals surface area contributed by atoms with Crippen LogP contribution in [-0.4, -0.2) is 12.5 Å². The van der Waals surface area contributed by atoms with Crippen molar-refractivity contribution in [2.75, 3.05) is 6.61 Å². The number of ether oxygens (including phenoxy) is 1. The molecule has 2 aromatic rings. The average molecular weight is 259 g/mol. The van der Waals surface area contributed by atoms with Crippen LogP contribution in [0.3, 0.4) is 0 Å². The summed E-state index contributed by atoms with van der Waals surface area (Å²) in [5.41, 5.74) is 1.55. The smallest absolute Gasteiger partial charge is 0.255 e. The van der Waals surface area contributed by atoms with Crippen LogP contribution in [0.4, 0.5) is 0 Å². The van der Waals surface area contributed by atoms with E-state index in [0.29, 0.717) is 12.2 Å². The molecule has 1 heterocycles. The van der Waals surface area contributed by atoms with E-state index in [-0.39, 0.29) is 11.9 Å². The maximum Gasteiger partial charge on any atom is 0.255 e. The Balaban J connectivity index is 1.99. The predicted molar refractivity (Wildman–Crippen MR) is 72.2 cm³/mol. The molecule has 4 heteroatoms. The molecule has 0 unspecified atom stereocenters. The molecule has 0 fully saturated rings. The first-order valence-electron chi connectivity index (χ1n) is 6.26. The molecule has 1 aromatic heterocycles. The lowest BCUT2D eigenvalue weighted by molar-refractivity contribution is 0.0939. The van der Waals surface area contributed by atoms with Gasteiger partial charge in [-0.2, -0.15) is 0 Å². The molecule has 0 spiro atoms. The van der Waals surface area contributed by atoms with Crippen LogP contribution >= 0.6 is 0 Å². The number of nitrogens with one attached hydrogen (secondary N) is 1. The molecule has 0 saturated heterocycles. The van der Waals surface area contributed by atoms with Crippen molar-refractivity contribution in [3.63, 3.8) is 0 Å². The second-order valence-electron chi connectivity index (χ2n) is 4.21. The van der Waals surface area contributed by atoms with Crippen molar-refractivity contribution >= 4 is 5.91 Å². The molecule has 1 atom stereocenters. The quantitative estimate of drug-likeness (QED) is 0.897. The lowest BCUT2D eigenvalue weighted by Gasteiger charge is -2.14. The second kappa shape index (κ2) is 6.09. The second-order valence-corrected chi connectivity index (χ2v) is 4.21. The van der Waals surface area contributed by atoms with Gasteiger partial charge >= 0.3 is 0 Å². The topological polar surface area (TPSA) is 51.5 Å². The van der Waals surface area contributed by atoms with Gasteiger partial charge in [0.15, 0.2) is 0 Å². The summed E-state index contributed by atoms with van der Waals surface area (Å²) in [6, 6.07) is 9.27. The highest BCUT2D eigenvalue weighted by molar-refractivity contribution is 5.94. The fourth-order valence-corrected chi connectivity index (χ4v) is 1.78. The van der Waals surface area contributed by atoms with Crippen molar-refractivity contribution in [2.24, 2.45) is 0 Å². The molecule has 0 bridgehead atoms. The summed E-state index contributed by atoms with van der Waals surface area (Å²) >= 11 is 0. The lowest BCUT2D eigenvalue weighted by atomic mass is 10.1. The zero-order chi connectivity index (χ0) is 13.7. The number of furan rings is 1. The molecular formula is C15H17NO3. The zero-order valence-electron chi connectivity index (χ0n) is 11.1. The first-order valence-corrected chi connectivity index (χ1v) is 6.26. The number of hydrogen-bond donors (Lipinski definition) is 1. The summed E-state index contributed by atoms with van der Waals surface area (Å²) in [7, 11) is 0. The number of carbonyl (C=O) groups excluding carboxylic acids is 1. The van der Waals surface area contributed by atoms with Gasteiger partial charge in [-0.1, -0.05) is 12.1 Å². The summed E-state index contributed by atoms with van der Waals surface area (Å²) in [5, 5.41) is 2.91. The standard InChI is InChI=1S/C15H17NO3/c1-3-19-14-6-4-12(5-7-14)11(2)16-15(17)13-8-9-18-10-13/h4-11H,3H2,1-2H3,(H,16,17)/t11-/m1/s1. The molecule has 19 heavy (non-hydrogen) atoms. The summed E-state index contributed by atoms with van der Waals surface area (Å²) in [4.78, 5) is 11.9. The first kappa shape index (κ1) is 13.2. The van der Waals surface area contributed by atoms with Crippen LogP contribution in [0.25, 0.3) is 0 Å². The van der Waals surface area contributed by atoms with E-state index in [1.807, 2.05) is 38.1 Å². The number of amides is 1. The van der Waals surface area contributed by atoms with Gasteiger partial charge in [-0.25, -0.2) is 0 Å². The van der Waals surface area contributed by atoms with Crippen molar-refractivity contribution in [3.05, 3.63) is 54.0 Å². The summed E-state index contributed by atoms with van der Waals surface area (Å²) in [6.45, 7) is 4.53. The maximum absolute atomic E-state index is 11.9. The van der Waals surface area contributed by atoms with Gasteiger partial charge in [0.25, 0.3) is 5.91 Å². The van der Waals surface area contributed by atoms with Crippen LogP contribution in [0.15, 0.2) is 47.3 Å². The summed E-state index contributed by atoms with van der Waals surface area (Å²) < 4.78 is 10.3. The molecule has 0 aliphatic carbocycles. The van der Waals surface area contributed by atoms with Crippen LogP contribution in [0.2, 0.25) is 0 Å². The van der Waals surface area contributed by atoms with Crippen molar-refractivity contribution in [3.8, 4) is 5.75 Å². The molecule has 0 saturated carbocycles. The van der Waals surface area contributed by atoms with E-state index >= 15 is 0 Å². The van der Waals surface area contributed by atoms with Crippen LogP contribution in [0.5, 0.6) is 5.75 Å². The van der Waals surface area contributed by atoms with Crippen molar-refractivity contribution in [1.29, 1.82) is 0 Å². The Bertz CT molecular complexity index is 517. The van der Waals surface area contributed by atoms with E-state index in [9.17, 15) is 4.79 Å². The van der Waals surface area contributed by atoms with Gasteiger partial charge in [0.05, 0.1) is 24.5 Å². The molecule has 100 valence electrons. The fourth-order valence-electron chi connectivity index (χ4n) is 1.78. The van der Waals surface area contributed by atoms with Gasteiger partial charge in [-0.3, -0.25) is 4.79 Å². The fraction of sp³-hybridized carbons (Fsp3) is 0.267. The molecular weight excluding hydrogens is 242 g/mol. The molecule has 2 rings (SSSR count). The average Bonchev–Trinajstić information content (AvgIpc) is 2.94. The highest BCUT2D eigenvalue weighted by Gasteiger charge is 2.12. The molecule has 1 amide bonds. The van der Waals surface area contributed by atoms with Gasteiger partial charge in [0.1, 0.15) is 12.0 Å². The molecule has 0 aliphatic rings. The zero-order valence-corrected chi connectivity index (χ0v) is 11.1. The van der Waals surface area contributed by atoms with E-state index in [1.54, 1.807) is 6.07 Å². The van der Waals surface area contributed by atoms with Crippen LogP contribution in [0, 0.1) is 0 Å². The van der Waals surface area contributed by atoms with Gasteiger partial charge in [-0.05, 0) is 37.6 Å². The van der Waals surface area contributed by atoms with Crippen molar-refractivity contribution in [1.82, 2.24) is 5.32 Å². The summed E-state index contributed by atoms with van der Waals surface area (Å²) in [5.74, 6) is 0.690. The van der Waals surface area contributed by atoms with E-state index in [1.165, 1.54) is 12.5 Å². The Labute approximate surface area is 112 Å². The molecule has 4 nitrogen and oxygen atoms in total. The van der Waals surface area contributed by atoms with Crippen LogP contribution in [0.1, 0.15) is 35.8 Å². The Hall–Kier alpha value is -2.23. The van der Waals surface area contributed by atoms with E-state index in [0.717, 1.165) is 11.3 Å². The predicted octanol–water partition coefficient (Wildman–Crippen LogP) is 3.17. The Morgan fingerprint density at radius 3 is 2.63 bits per heavy atom. The SMILES string of the molecule is CCOc1ccc([C@@H](C)NC(=O)c2ccoc2)cc1. The highest BCUT2D eigenvalue weighted by Crippen LogP contribution is 2.18. The Kier molecular flexibility index (Phi) is 4.23. The molecule has 1 N–H and O–H groups in total. The molecule has 1 aromatic carbocycles.